The van der Waals surface area contributed by atoms with Crippen LogP contribution in [0.4, 0.5) is 0 Å². The molecule has 3 rings (SSSR count). The highest BCUT2D eigenvalue weighted by Crippen LogP contribution is 2.20. The van der Waals surface area contributed by atoms with Crippen molar-refractivity contribution in [3.8, 4) is 5.82 Å². The summed E-state index contributed by atoms with van der Waals surface area (Å²) in [5, 5.41) is 17.5. The van der Waals surface area contributed by atoms with Crippen LogP contribution in [0.2, 0.25) is 0 Å². The van der Waals surface area contributed by atoms with Crippen molar-refractivity contribution >= 4 is 11.5 Å². The second-order valence-electron chi connectivity index (χ2n) is 4.54. The van der Waals surface area contributed by atoms with Gasteiger partial charge in [0.1, 0.15) is 5.52 Å². The fraction of sp³-hybridized carbons (Fsp3) is 0.231. The third-order valence-electron chi connectivity index (χ3n) is 3.27. The van der Waals surface area contributed by atoms with Gasteiger partial charge in [0.15, 0.2) is 5.82 Å². The lowest BCUT2D eigenvalue weighted by Crippen LogP contribution is -2.06. The van der Waals surface area contributed by atoms with Crippen LogP contribution < -0.4 is 0 Å². The smallest absolute Gasteiger partial charge is 0.307 e. The van der Waals surface area contributed by atoms with Crippen molar-refractivity contribution in [3.05, 3.63) is 41.6 Å². The van der Waals surface area contributed by atoms with Gasteiger partial charge in [-0.15, -0.1) is 0 Å². The molecule has 0 spiro atoms. The van der Waals surface area contributed by atoms with Gasteiger partial charge in [-0.25, -0.2) is 14.2 Å². The number of carboxylic acid groups (broad SMARTS) is 1. The van der Waals surface area contributed by atoms with E-state index in [9.17, 15) is 4.79 Å². The number of aliphatic carboxylic acids is 1. The van der Waals surface area contributed by atoms with Gasteiger partial charge in [-0.05, 0) is 19.9 Å². The Morgan fingerprint density at radius 3 is 2.90 bits per heavy atom. The van der Waals surface area contributed by atoms with E-state index >= 15 is 0 Å². The van der Waals surface area contributed by atoms with Crippen LogP contribution in [0.5, 0.6) is 0 Å². The van der Waals surface area contributed by atoms with Gasteiger partial charge in [0, 0.05) is 23.7 Å². The first-order valence-corrected chi connectivity index (χ1v) is 6.13. The van der Waals surface area contributed by atoms with E-state index in [-0.39, 0.29) is 6.42 Å². The van der Waals surface area contributed by atoms with Crippen LogP contribution in [0.3, 0.4) is 0 Å². The van der Waals surface area contributed by atoms with Crippen molar-refractivity contribution in [2.45, 2.75) is 20.3 Å². The van der Waals surface area contributed by atoms with Crippen LogP contribution in [0, 0.1) is 13.8 Å². The molecule has 3 aromatic heterocycles. The molecule has 102 valence electrons. The summed E-state index contributed by atoms with van der Waals surface area (Å²) in [5.74, 6) is -0.228. The van der Waals surface area contributed by atoms with Crippen molar-refractivity contribution in [3.63, 3.8) is 0 Å². The van der Waals surface area contributed by atoms with Gasteiger partial charge >= 0.3 is 5.97 Å². The Morgan fingerprint density at radius 2 is 2.15 bits per heavy atom. The molecule has 7 heteroatoms. The van der Waals surface area contributed by atoms with Crippen LogP contribution >= 0.6 is 0 Å². The van der Waals surface area contributed by atoms with Crippen LogP contribution in [0.1, 0.15) is 17.0 Å². The van der Waals surface area contributed by atoms with E-state index in [1.807, 2.05) is 13.0 Å². The average molecular weight is 271 g/mol. The van der Waals surface area contributed by atoms with Gasteiger partial charge in [0.2, 0.25) is 0 Å². The predicted molar refractivity (Wildman–Crippen MR) is 70.9 cm³/mol. The molecule has 0 saturated carbocycles. The molecule has 0 fully saturated rings. The number of carbonyl (C=O) groups is 1. The molecule has 20 heavy (non-hydrogen) atoms. The molecule has 0 aromatic carbocycles. The van der Waals surface area contributed by atoms with Crippen LogP contribution in [-0.2, 0) is 11.2 Å². The molecule has 0 atom stereocenters. The maximum absolute atomic E-state index is 10.9. The number of hydrogen-bond donors (Lipinski definition) is 1. The number of aryl methyl sites for hydroxylation is 1. The zero-order chi connectivity index (χ0) is 14.3. The molecule has 0 aliphatic rings. The maximum Gasteiger partial charge on any atom is 0.307 e. The van der Waals surface area contributed by atoms with E-state index in [1.165, 1.54) is 0 Å². The van der Waals surface area contributed by atoms with Gasteiger partial charge in [0.05, 0.1) is 18.3 Å². The van der Waals surface area contributed by atoms with Crippen molar-refractivity contribution in [2.24, 2.45) is 0 Å². The fourth-order valence-corrected chi connectivity index (χ4v) is 2.29. The standard InChI is InChI=1S/C13H13N5O2/c1-8-10(7-12(19)20)9(2)18(16-8)13-11-3-4-15-17(11)6-5-14-13/h3-6H,7H2,1-2H3,(H,19,20). The van der Waals surface area contributed by atoms with Crippen LogP contribution in [0.25, 0.3) is 11.3 Å². The lowest BCUT2D eigenvalue weighted by Gasteiger charge is -2.05. The number of hydrogen-bond acceptors (Lipinski definition) is 4. The zero-order valence-corrected chi connectivity index (χ0v) is 11.1. The highest BCUT2D eigenvalue weighted by molar-refractivity contribution is 5.71. The van der Waals surface area contributed by atoms with E-state index in [2.05, 4.69) is 15.2 Å². The molecule has 0 amide bonds. The zero-order valence-electron chi connectivity index (χ0n) is 11.1. The normalized spacial score (nSPS) is 11.1. The van der Waals surface area contributed by atoms with E-state index in [0.717, 1.165) is 16.8 Å². The van der Waals surface area contributed by atoms with Gasteiger partial charge in [-0.1, -0.05) is 0 Å². The molecule has 3 heterocycles. The van der Waals surface area contributed by atoms with E-state index in [0.29, 0.717) is 11.5 Å². The monoisotopic (exact) mass is 271 g/mol. The summed E-state index contributed by atoms with van der Waals surface area (Å²) >= 11 is 0. The average Bonchev–Trinajstić information content (AvgIpc) is 2.98. The van der Waals surface area contributed by atoms with Crippen molar-refractivity contribution in [1.82, 2.24) is 24.4 Å². The minimum absolute atomic E-state index is 0.0416. The topological polar surface area (TPSA) is 85.3 Å². The lowest BCUT2D eigenvalue weighted by atomic mass is 10.1. The molecular weight excluding hydrogens is 258 g/mol. The Balaban J connectivity index is 2.20. The molecule has 7 nitrogen and oxygen atoms in total. The Kier molecular flexibility index (Phi) is 2.74. The second kappa shape index (κ2) is 4.44. The van der Waals surface area contributed by atoms with Gasteiger partial charge < -0.3 is 5.11 Å². The molecule has 0 saturated heterocycles. The van der Waals surface area contributed by atoms with Gasteiger partial charge in [-0.2, -0.15) is 10.2 Å². The SMILES string of the molecule is Cc1nn(-c2nccn3nccc23)c(C)c1CC(=O)O. The minimum Gasteiger partial charge on any atom is -0.481 e. The largest absolute Gasteiger partial charge is 0.481 e. The summed E-state index contributed by atoms with van der Waals surface area (Å²) in [6, 6.07) is 1.84. The minimum atomic E-state index is -0.869. The summed E-state index contributed by atoms with van der Waals surface area (Å²) in [7, 11) is 0. The molecule has 3 aromatic rings. The molecule has 0 bridgehead atoms. The third-order valence-corrected chi connectivity index (χ3v) is 3.27. The Bertz CT molecular complexity index is 802. The molecule has 0 aliphatic heterocycles. The molecule has 0 radical (unpaired) electrons. The Morgan fingerprint density at radius 1 is 1.35 bits per heavy atom. The number of rotatable bonds is 3. The predicted octanol–water partition coefficient (Wildman–Crippen LogP) is 1.16. The van der Waals surface area contributed by atoms with Crippen molar-refractivity contribution < 1.29 is 9.90 Å². The van der Waals surface area contributed by atoms with Gasteiger partial charge in [-0.3, -0.25) is 4.79 Å². The summed E-state index contributed by atoms with van der Waals surface area (Å²) in [5.41, 5.74) is 3.03. The molecule has 0 unspecified atom stereocenters. The summed E-state index contributed by atoms with van der Waals surface area (Å²) in [4.78, 5) is 15.3. The maximum atomic E-state index is 10.9. The number of aromatic nitrogens is 5. The summed E-state index contributed by atoms with van der Waals surface area (Å²) in [6.07, 6.45) is 5.04. The fourth-order valence-electron chi connectivity index (χ4n) is 2.29. The number of fused-ring (bicyclic) bond motifs is 1. The first-order chi connectivity index (χ1) is 9.58. The quantitative estimate of drug-likeness (QED) is 0.772. The summed E-state index contributed by atoms with van der Waals surface area (Å²) < 4.78 is 3.38. The Labute approximate surface area is 114 Å². The van der Waals surface area contributed by atoms with E-state index in [1.54, 1.807) is 34.7 Å². The molecule has 1 N–H and O–H groups in total. The van der Waals surface area contributed by atoms with E-state index < -0.39 is 5.97 Å². The first kappa shape index (κ1) is 12.3. The van der Waals surface area contributed by atoms with Gasteiger partial charge in [0.25, 0.3) is 0 Å². The lowest BCUT2D eigenvalue weighted by molar-refractivity contribution is -0.136. The summed E-state index contributed by atoms with van der Waals surface area (Å²) in [6.45, 7) is 3.65. The molecular formula is C13H13N5O2. The number of nitrogens with zero attached hydrogens (tertiary/aromatic N) is 5. The second-order valence-corrected chi connectivity index (χ2v) is 4.54. The van der Waals surface area contributed by atoms with Crippen LogP contribution in [-0.4, -0.2) is 35.5 Å². The van der Waals surface area contributed by atoms with Crippen molar-refractivity contribution in [1.29, 1.82) is 0 Å². The van der Waals surface area contributed by atoms with E-state index in [4.69, 9.17) is 5.11 Å². The molecule has 0 aliphatic carbocycles. The highest BCUT2D eigenvalue weighted by Gasteiger charge is 2.17. The Hall–Kier alpha value is -2.70. The first-order valence-electron chi connectivity index (χ1n) is 6.13. The number of carboxylic acids is 1. The van der Waals surface area contributed by atoms with Crippen LogP contribution in [0.15, 0.2) is 24.7 Å². The van der Waals surface area contributed by atoms with Crippen molar-refractivity contribution in [2.75, 3.05) is 0 Å². The highest BCUT2D eigenvalue weighted by atomic mass is 16.4. The third kappa shape index (κ3) is 1.83.